The van der Waals surface area contributed by atoms with Gasteiger partial charge in [-0.2, -0.15) is 0 Å². The van der Waals surface area contributed by atoms with Crippen LogP contribution < -0.4 is 9.46 Å². The van der Waals surface area contributed by atoms with E-state index in [1.54, 1.807) is 24.3 Å². The van der Waals surface area contributed by atoms with Crippen LogP contribution in [0.5, 0.6) is 5.75 Å². The SMILES string of the molecule is Cc1cccc(OCCNS(=O)(=O)Cc2ccccc2Cl)c1C. The van der Waals surface area contributed by atoms with Crippen molar-refractivity contribution in [1.82, 2.24) is 4.72 Å². The van der Waals surface area contributed by atoms with E-state index in [4.69, 9.17) is 16.3 Å². The van der Waals surface area contributed by atoms with Gasteiger partial charge in [0.15, 0.2) is 0 Å². The molecule has 6 heteroatoms. The summed E-state index contributed by atoms with van der Waals surface area (Å²) in [6.07, 6.45) is 0. The van der Waals surface area contributed by atoms with Crippen molar-refractivity contribution in [1.29, 1.82) is 0 Å². The van der Waals surface area contributed by atoms with E-state index >= 15 is 0 Å². The number of aryl methyl sites for hydroxylation is 1. The van der Waals surface area contributed by atoms with Gasteiger partial charge in [0.05, 0.1) is 5.75 Å². The highest BCUT2D eigenvalue weighted by Gasteiger charge is 2.13. The summed E-state index contributed by atoms with van der Waals surface area (Å²) in [6.45, 7) is 4.47. The summed E-state index contributed by atoms with van der Waals surface area (Å²) in [4.78, 5) is 0. The molecule has 2 rings (SSSR count). The maximum absolute atomic E-state index is 12.1. The molecule has 1 N–H and O–H groups in total. The van der Waals surface area contributed by atoms with E-state index in [9.17, 15) is 8.42 Å². The first-order valence-corrected chi connectivity index (χ1v) is 9.32. The second kappa shape index (κ2) is 7.81. The number of sulfonamides is 1. The maximum Gasteiger partial charge on any atom is 0.215 e. The number of ether oxygens (including phenoxy) is 1. The van der Waals surface area contributed by atoms with E-state index in [1.807, 2.05) is 32.0 Å². The van der Waals surface area contributed by atoms with Crippen LogP contribution in [0.4, 0.5) is 0 Å². The molecule has 0 aliphatic carbocycles. The normalized spacial score (nSPS) is 11.4. The van der Waals surface area contributed by atoms with Gasteiger partial charge >= 0.3 is 0 Å². The van der Waals surface area contributed by atoms with Crippen LogP contribution in [0.25, 0.3) is 0 Å². The third-order valence-corrected chi connectivity index (χ3v) is 5.24. The molecule has 0 unspecified atom stereocenters. The molecule has 0 radical (unpaired) electrons. The molecule has 2 aromatic rings. The monoisotopic (exact) mass is 353 g/mol. The lowest BCUT2D eigenvalue weighted by atomic mass is 10.1. The quantitative estimate of drug-likeness (QED) is 0.775. The number of benzene rings is 2. The predicted octanol–water partition coefficient (Wildman–Crippen LogP) is 3.46. The molecule has 0 bridgehead atoms. The predicted molar refractivity (Wildman–Crippen MR) is 93.5 cm³/mol. The minimum absolute atomic E-state index is 0.143. The summed E-state index contributed by atoms with van der Waals surface area (Å²) in [7, 11) is -3.44. The second-order valence-electron chi connectivity index (χ2n) is 5.29. The molecule has 2 aromatic carbocycles. The summed E-state index contributed by atoms with van der Waals surface area (Å²) in [5.41, 5.74) is 2.78. The minimum atomic E-state index is -3.44. The topological polar surface area (TPSA) is 55.4 Å². The average Bonchev–Trinajstić information content (AvgIpc) is 2.50. The molecule has 0 amide bonds. The van der Waals surface area contributed by atoms with E-state index in [-0.39, 0.29) is 18.9 Å². The molecule has 124 valence electrons. The minimum Gasteiger partial charge on any atom is -0.492 e. The van der Waals surface area contributed by atoms with Gasteiger partial charge in [0.25, 0.3) is 0 Å². The molecule has 0 aliphatic rings. The summed E-state index contributed by atoms with van der Waals surface area (Å²) < 4.78 is 32.3. The van der Waals surface area contributed by atoms with Gasteiger partial charge in [-0.15, -0.1) is 0 Å². The Kier molecular flexibility index (Phi) is 6.04. The Balaban J connectivity index is 1.86. The zero-order chi connectivity index (χ0) is 16.9. The van der Waals surface area contributed by atoms with Gasteiger partial charge in [-0.3, -0.25) is 0 Å². The lowest BCUT2D eigenvalue weighted by molar-refractivity contribution is 0.320. The highest BCUT2D eigenvalue weighted by atomic mass is 35.5. The van der Waals surface area contributed by atoms with E-state index < -0.39 is 10.0 Å². The van der Waals surface area contributed by atoms with Gasteiger partial charge in [0.1, 0.15) is 12.4 Å². The number of halogens is 1. The lowest BCUT2D eigenvalue weighted by Crippen LogP contribution is -2.29. The summed E-state index contributed by atoms with van der Waals surface area (Å²) in [5.74, 6) is 0.631. The Morgan fingerprint density at radius 2 is 1.83 bits per heavy atom. The number of rotatable bonds is 7. The smallest absolute Gasteiger partial charge is 0.215 e. The van der Waals surface area contributed by atoms with Gasteiger partial charge in [-0.25, -0.2) is 13.1 Å². The molecule has 4 nitrogen and oxygen atoms in total. The van der Waals surface area contributed by atoms with Gasteiger partial charge in [0, 0.05) is 11.6 Å². The molecule has 23 heavy (non-hydrogen) atoms. The van der Waals surface area contributed by atoms with Crippen LogP contribution in [-0.2, 0) is 15.8 Å². The maximum atomic E-state index is 12.1. The van der Waals surface area contributed by atoms with Crippen LogP contribution in [-0.4, -0.2) is 21.6 Å². The van der Waals surface area contributed by atoms with E-state index in [0.717, 1.165) is 16.9 Å². The van der Waals surface area contributed by atoms with Crippen LogP contribution in [0.3, 0.4) is 0 Å². The molecule has 0 aliphatic heterocycles. The fourth-order valence-corrected chi connectivity index (χ4v) is 3.55. The fourth-order valence-electron chi connectivity index (χ4n) is 2.11. The van der Waals surface area contributed by atoms with Crippen molar-refractivity contribution in [2.75, 3.05) is 13.2 Å². The summed E-state index contributed by atoms with van der Waals surface area (Å²) in [6, 6.07) is 12.7. The molecule has 0 atom stereocenters. The van der Waals surface area contributed by atoms with Crippen molar-refractivity contribution >= 4 is 21.6 Å². The Morgan fingerprint density at radius 1 is 1.09 bits per heavy atom. The van der Waals surface area contributed by atoms with Crippen molar-refractivity contribution in [3.8, 4) is 5.75 Å². The highest BCUT2D eigenvalue weighted by Crippen LogP contribution is 2.20. The van der Waals surface area contributed by atoms with Crippen LogP contribution in [0.1, 0.15) is 16.7 Å². The Bertz CT molecular complexity index is 775. The van der Waals surface area contributed by atoms with Crippen molar-refractivity contribution in [3.63, 3.8) is 0 Å². The molecule has 0 saturated heterocycles. The Hall–Kier alpha value is -1.56. The van der Waals surface area contributed by atoms with Crippen LogP contribution in [0.2, 0.25) is 5.02 Å². The second-order valence-corrected chi connectivity index (χ2v) is 7.51. The molecular weight excluding hydrogens is 334 g/mol. The first kappa shape index (κ1) is 17.8. The van der Waals surface area contributed by atoms with E-state index in [2.05, 4.69) is 4.72 Å². The molecule has 0 fully saturated rings. The third-order valence-electron chi connectivity index (χ3n) is 3.54. The lowest BCUT2D eigenvalue weighted by Gasteiger charge is -2.12. The fraction of sp³-hybridized carbons (Fsp3) is 0.294. The molecular formula is C17H20ClNO3S. The van der Waals surface area contributed by atoms with Crippen molar-refractivity contribution in [3.05, 3.63) is 64.2 Å². The average molecular weight is 354 g/mol. The standard InChI is InChI=1S/C17H20ClNO3S/c1-13-6-5-9-17(14(13)2)22-11-10-19-23(20,21)12-15-7-3-4-8-16(15)18/h3-9,19H,10-12H2,1-2H3. The number of nitrogens with one attached hydrogen (secondary N) is 1. The summed E-state index contributed by atoms with van der Waals surface area (Å²) in [5, 5.41) is 0.449. The van der Waals surface area contributed by atoms with Gasteiger partial charge < -0.3 is 4.74 Å². The van der Waals surface area contributed by atoms with Crippen LogP contribution in [0, 0.1) is 13.8 Å². The van der Waals surface area contributed by atoms with Crippen molar-refractivity contribution in [2.45, 2.75) is 19.6 Å². The van der Waals surface area contributed by atoms with Crippen molar-refractivity contribution < 1.29 is 13.2 Å². The summed E-state index contributed by atoms with van der Waals surface area (Å²) >= 11 is 5.99. The Morgan fingerprint density at radius 3 is 2.57 bits per heavy atom. The third kappa shape index (κ3) is 5.23. The van der Waals surface area contributed by atoms with Gasteiger partial charge in [-0.05, 0) is 42.7 Å². The molecule has 0 saturated carbocycles. The zero-order valence-electron chi connectivity index (χ0n) is 13.2. The van der Waals surface area contributed by atoms with E-state index in [1.165, 1.54) is 0 Å². The van der Waals surface area contributed by atoms with Gasteiger partial charge in [0.2, 0.25) is 10.0 Å². The zero-order valence-corrected chi connectivity index (χ0v) is 14.7. The molecule has 0 spiro atoms. The molecule has 0 heterocycles. The largest absolute Gasteiger partial charge is 0.492 e. The first-order chi connectivity index (χ1) is 10.9. The van der Waals surface area contributed by atoms with Crippen LogP contribution >= 0.6 is 11.6 Å². The van der Waals surface area contributed by atoms with Crippen LogP contribution in [0.15, 0.2) is 42.5 Å². The van der Waals surface area contributed by atoms with Crippen molar-refractivity contribution in [2.24, 2.45) is 0 Å². The first-order valence-electron chi connectivity index (χ1n) is 7.29. The number of hydrogen-bond acceptors (Lipinski definition) is 3. The Labute approximate surface area is 142 Å². The van der Waals surface area contributed by atoms with Gasteiger partial charge in [-0.1, -0.05) is 41.9 Å². The molecule has 0 aromatic heterocycles. The highest BCUT2D eigenvalue weighted by molar-refractivity contribution is 7.88. The van der Waals surface area contributed by atoms with E-state index in [0.29, 0.717) is 10.6 Å². The number of hydrogen-bond donors (Lipinski definition) is 1.